The number of hydrogen-bond acceptors (Lipinski definition) is 5. The zero-order chi connectivity index (χ0) is 19.1. The largest absolute Gasteiger partial charge is 0.508 e. The molecule has 0 aliphatic rings. The molecule has 2 atom stereocenters. The fourth-order valence-corrected chi connectivity index (χ4v) is 4.08. The highest BCUT2D eigenvalue weighted by Crippen LogP contribution is 2.39. The summed E-state index contributed by atoms with van der Waals surface area (Å²) < 4.78 is 0. The number of hydrogen-bond donors (Lipinski definition) is 4. The van der Waals surface area contributed by atoms with Crippen LogP contribution in [-0.4, -0.2) is 31.6 Å². The van der Waals surface area contributed by atoms with E-state index in [4.69, 9.17) is 0 Å². The molecule has 0 bridgehead atoms. The number of thioether (sulfide) groups is 1. The van der Waals surface area contributed by atoms with Crippen molar-refractivity contribution in [2.75, 3.05) is 0 Å². The lowest BCUT2D eigenvalue weighted by atomic mass is 9.92. The molecular formula is C20H24O5S. The van der Waals surface area contributed by atoms with E-state index in [0.29, 0.717) is 16.9 Å². The first-order valence-electron chi connectivity index (χ1n) is 8.61. The molecule has 140 valence electrons. The van der Waals surface area contributed by atoms with Gasteiger partial charge in [-0.1, -0.05) is 31.9 Å². The molecule has 0 fully saturated rings. The maximum absolute atomic E-state index is 11.8. The van der Waals surface area contributed by atoms with Crippen molar-refractivity contribution < 1.29 is 25.2 Å². The van der Waals surface area contributed by atoms with Crippen molar-refractivity contribution in [3.8, 4) is 17.2 Å². The third kappa shape index (κ3) is 5.59. The second-order valence-corrected chi connectivity index (χ2v) is 7.60. The number of carboxylic acid groups (broad SMARTS) is 1. The quantitative estimate of drug-likeness (QED) is 0.473. The van der Waals surface area contributed by atoms with Crippen LogP contribution in [0.25, 0.3) is 0 Å². The Morgan fingerprint density at radius 3 is 2.42 bits per heavy atom. The van der Waals surface area contributed by atoms with Gasteiger partial charge in [0, 0.05) is 16.2 Å². The zero-order valence-corrected chi connectivity index (χ0v) is 15.4. The predicted octanol–water partition coefficient (Wildman–Crippen LogP) is 4.71. The third-order valence-electron chi connectivity index (χ3n) is 4.19. The number of benzene rings is 2. The molecule has 0 heterocycles. The van der Waals surface area contributed by atoms with Gasteiger partial charge >= 0.3 is 5.97 Å². The van der Waals surface area contributed by atoms with E-state index < -0.39 is 11.9 Å². The van der Waals surface area contributed by atoms with E-state index >= 15 is 0 Å². The lowest BCUT2D eigenvalue weighted by Gasteiger charge is -2.21. The SMILES string of the molecule is CCCCC(CC(C(=O)O)c1cccc(O)c1)Sc1ccc(O)cc1O. The van der Waals surface area contributed by atoms with Gasteiger partial charge in [-0.2, -0.15) is 0 Å². The van der Waals surface area contributed by atoms with E-state index in [2.05, 4.69) is 6.92 Å². The first kappa shape index (κ1) is 20.0. The fraction of sp³-hybridized carbons (Fsp3) is 0.350. The Hall–Kier alpha value is -2.34. The van der Waals surface area contributed by atoms with Gasteiger partial charge in [-0.05, 0) is 42.7 Å². The first-order chi connectivity index (χ1) is 12.4. The van der Waals surface area contributed by atoms with Crippen molar-refractivity contribution in [1.29, 1.82) is 0 Å². The van der Waals surface area contributed by atoms with Crippen LogP contribution in [0.15, 0.2) is 47.4 Å². The van der Waals surface area contributed by atoms with Gasteiger partial charge in [0.1, 0.15) is 17.2 Å². The molecule has 2 rings (SSSR count). The monoisotopic (exact) mass is 376 g/mol. The summed E-state index contributed by atoms with van der Waals surface area (Å²) in [5, 5.41) is 38.8. The molecule has 0 aromatic heterocycles. The van der Waals surface area contributed by atoms with E-state index in [1.54, 1.807) is 18.2 Å². The number of carboxylic acids is 1. The number of aliphatic carboxylic acids is 1. The average Bonchev–Trinajstić information content (AvgIpc) is 2.59. The Kier molecular flexibility index (Phi) is 7.21. The van der Waals surface area contributed by atoms with Crippen LogP contribution >= 0.6 is 11.8 Å². The molecule has 0 aliphatic carbocycles. The maximum atomic E-state index is 11.8. The van der Waals surface area contributed by atoms with Gasteiger partial charge in [0.15, 0.2) is 0 Å². The molecule has 5 nitrogen and oxygen atoms in total. The minimum Gasteiger partial charge on any atom is -0.508 e. The third-order valence-corrected chi connectivity index (χ3v) is 5.55. The normalized spacial score (nSPS) is 13.3. The lowest BCUT2D eigenvalue weighted by molar-refractivity contribution is -0.139. The number of phenols is 3. The van der Waals surface area contributed by atoms with Gasteiger partial charge in [0.2, 0.25) is 0 Å². The summed E-state index contributed by atoms with van der Waals surface area (Å²) in [5.74, 6) is -1.66. The van der Waals surface area contributed by atoms with Crippen LogP contribution in [0.3, 0.4) is 0 Å². The van der Waals surface area contributed by atoms with E-state index in [9.17, 15) is 25.2 Å². The Balaban J connectivity index is 2.22. The number of unbranched alkanes of at least 4 members (excludes halogenated alkanes) is 1. The zero-order valence-electron chi connectivity index (χ0n) is 14.6. The van der Waals surface area contributed by atoms with Crippen molar-refractivity contribution in [2.24, 2.45) is 0 Å². The number of carbonyl (C=O) groups is 1. The Bertz CT molecular complexity index is 747. The Morgan fingerprint density at radius 1 is 1.08 bits per heavy atom. The lowest BCUT2D eigenvalue weighted by Crippen LogP contribution is -2.17. The Morgan fingerprint density at radius 2 is 1.81 bits per heavy atom. The summed E-state index contributed by atoms with van der Waals surface area (Å²) in [6, 6.07) is 10.8. The smallest absolute Gasteiger partial charge is 0.311 e. The molecule has 0 saturated carbocycles. The Labute approximate surface area is 157 Å². The second-order valence-electron chi connectivity index (χ2n) is 6.26. The topological polar surface area (TPSA) is 98.0 Å². The molecule has 2 aromatic rings. The molecule has 0 aliphatic heterocycles. The summed E-state index contributed by atoms with van der Waals surface area (Å²) in [6.07, 6.45) is 3.12. The highest BCUT2D eigenvalue weighted by Gasteiger charge is 2.25. The minimum atomic E-state index is -0.937. The second kappa shape index (κ2) is 9.38. The van der Waals surface area contributed by atoms with Crippen molar-refractivity contribution in [3.63, 3.8) is 0 Å². The number of aromatic hydroxyl groups is 3. The average molecular weight is 376 g/mol. The van der Waals surface area contributed by atoms with Crippen LogP contribution in [0.5, 0.6) is 17.2 Å². The van der Waals surface area contributed by atoms with Gasteiger partial charge in [-0.3, -0.25) is 4.79 Å². The first-order valence-corrected chi connectivity index (χ1v) is 9.49. The predicted molar refractivity (Wildman–Crippen MR) is 102 cm³/mol. The van der Waals surface area contributed by atoms with Crippen molar-refractivity contribution in [2.45, 2.75) is 48.7 Å². The van der Waals surface area contributed by atoms with Crippen molar-refractivity contribution in [1.82, 2.24) is 0 Å². The van der Waals surface area contributed by atoms with E-state index in [-0.39, 0.29) is 22.5 Å². The van der Waals surface area contributed by atoms with E-state index in [0.717, 1.165) is 19.3 Å². The standard InChI is InChI=1S/C20H24O5S/c1-2-3-7-16(26-19-9-8-15(22)11-18(19)23)12-17(20(24)25)13-5-4-6-14(21)10-13/h4-6,8-11,16-17,21-23H,2-3,7,12H2,1H3,(H,24,25). The highest BCUT2D eigenvalue weighted by molar-refractivity contribution is 8.00. The van der Waals surface area contributed by atoms with E-state index in [1.165, 1.54) is 36.0 Å². The van der Waals surface area contributed by atoms with Crippen LogP contribution in [0.1, 0.15) is 44.1 Å². The van der Waals surface area contributed by atoms with Crippen LogP contribution in [0, 0.1) is 0 Å². The maximum Gasteiger partial charge on any atom is 0.311 e. The highest BCUT2D eigenvalue weighted by atomic mass is 32.2. The summed E-state index contributed by atoms with van der Waals surface area (Å²) in [5.41, 5.74) is 0.564. The van der Waals surface area contributed by atoms with Gasteiger partial charge < -0.3 is 20.4 Å². The molecule has 26 heavy (non-hydrogen) atoms. The van der Waals surface area contributed by atoms with Gasteiger partial charge in [-0.25, -0.2) is 0 Å². The molecule has 2 aromatic carbocycles. The van der Waals surface area contributed by atoms with Crippen LogP contribution in [0.2, 0.25) is 0 Å². The molecule has 4 N–H and O–H groups in total. The van der Waals surface area contributed by atoms with Crippen LogP contribution in [0.4, 0.5) is 0 Å². The van der Waals surface area contributed by atoms with Crippen molar-refractivity contribution >= 4 is 17.7 Å². The minimum absolute atomic E-state index is 0.0132. The number of phenolic OH excluding ortho intramolecular Hbond substituents is 3. The summed E-state index contributed by atoms with van der Waals surface area (Å²) >= 11 is 1.42. The van der Waals surface area contributed by atoms with Crippen LogP contribution < -0.4 is 0 Å². The van der Waals surface area contributed by atoms with Gasteiger partial charge in [0.05, 0.1) is 5.92 Å². The molecule has 0 saturated heterocycles. The summed E-state index contributed by atoms with van der Waals surface area (Å²) in [4.78, 5) is 12.4. The van der Waals surface area contributed by atoms with Crippen molar-refractivity contribution in [3.05, 3.63) is 48.0 Å². The van der Waals surface area contributed by atoms with E-state index in [1.807, 2.05) is 0 Å². The fourth-order valence-electron chi connectivity index (χ4n) is 2.83. The van der Waals surface area contributed by atoms with Gasteiger partial charge in [0.25, 0.3) is 0 Å². The summed E-state index contributed by atoms with van der Waals surface area (Å²) in [6.45, 7) is 2.07. The molecule has 0 radical (unpaired) electrons. The molecule has 6 heteroatoms. The molecule has 2 unspecified atom stereocenters. The molecule has 0 spiro atoms. The molecular weight excluding hydrogens is 352 g/mol. The van der Waals surface area contributed by atoms with Gasteiger partial charge in [-0.15, -0.1) is 11.8 Å². The molecule has 0 amide bonds. The summed E-state index contributed by atoms with van der Waals surface area (Å²) in [7, 11) is 0. The number of rotatable bonds is 9. The van der Waals surface area contributed by atoms with Crippen LogP contribution in [-0.2, 0) is 4.79 Å².